The summed E-state index contributed by atoms with van der Waals surface area (Å²) in [6.07, 6.45) is 2.53. The van der Waals surface area contributed by atoms with Crippen LogP contribution in [0.4, 0.5) is 10.1 Å². The van der Waals surface area contributed by atoms with Crippen molar-refractivity contribution in [3.05, 3.63) is 28.5 Å². The Morgan fingerprint density at radius 2 is 2.00 bits per heavy atom. The zero-order valence-corrected chi connectivity index (χ0v) is 9.76. The predicted molar refractivity (Wildman–Crippen MR) is 65.0 cm³/mol. The summed E-state index contributed by atoms with van der Waals surface area (Å²) in [6, 6.07) is 2.75. The third kappa shape index (κ3) is 4.08. The summed E-state index contributed by atoms with van der Waals surface area (Å²) in [5, 5.41) is 9.96. The van der Waals surface area contributed by atoms with Crippen LogP contribution in [0.1, 0.15) is 18.4 Å². The molecule has 0 spiro atoms. The van der Waals surface area contributed by atoms with E-state index in [0.29, 0.717) is 6.04 Å². The molecule has 1 aromatic rings. The Morgan fingerprint density at radius 3 is 2.41 bits per heavy atom. The van der Waals surface area contributed by atoms with Gasteiger partial charge in [-0.1, -0.05) is 11.6 Å². The molecule has 2 rings (SSSR count). The van der Waals surface area contributed by atoms with Crippen LogP contribution in [-0.2, 0) is 0 Å². The van der Waals surface area contributed by atoms with E-state index in [1.54, 1.807) is 0 Å². The quantitative estimate of drug-likeness (QED) is 0.268. The topological polar surface area (TPSA) is 112 Å². The molecule has 5 nitrogen and oxygen atoms in total. The number of nitrogens with zero attached hydrogens (tertiary/aromatic N) is 1. The molecule has 92 valence electrons. The van der Waals surface area contributed by atoms with E-state index in [1.165, 1.54) is 18.9 Å². The Bertz CT molecular complexity index is 445. The van der Waals surface area contributed by atoms with Gasteiger partial charge in [-0.25, -0.2) is 9.92 Å². The van der Waals surface area contributed by atoms with Crippen LogP contribution in [0.3, 0.4) is 0 Å². The van der Waals surface area contributed by atoms with Gasteiger partial charge in [0.1, 0.15) is 5.82 Å². The number of hydrogen-bond acceptors (Lipinski definition) is 4. The van der Waals surface area contributed by atoms with Gasteiger partial charge >= 0.3 is 0 Å². The van der Waals surface area contributed by atoms with Crippen LogP contribution in [0.25, 0.3) is 0 Å². The monoisotopic (exact) mass is 257 g/mol. The second-order valence-corrected chi connectivity index (χ2v) is 4.06. The van der Waals surface area contributed by atoms with E-state index < -0.39 is 11.7 Å². The smallest absolute Gasteiger partial charge is 0.176 e. The van der Waals surface area contributed by atoms with Gasteiger partial charge in [-0.05, 0) is 25.0 Å². The van der Waals surface area contributed by atoms with Crippen molar-refractivity contribution in [3.8, 4) is 0 Å². The average molecular weight is 258 g/mol. The molecule has 0 aromatic heterocycles. The van der Waals surface area contributed by atoms with E-state index >= 15 is 0 Å². The van der Waals surface area contributed by atoms with Gasteiger partial charge in [0.15, 0.2) is 5.84 Å². The Hall–Kier alpha value is -1.53. The molecule has 7 heteroatoms. The maximum Gasteiger partial charge on any atom is 0.176 e. The molecule has 0 aliphatic heterocycles. The number of nitrogens with one attached hydrogen (secondary N) is 2. The number of rotatable bonds is 1. The third-order valence-electron chi connectivity index (χ3n) is 2.08. The van der Waals surface area contributed by atoms with Gasteiger partial charge in [-0.2, -0.15) is 0 Å². The van der Waals surface area contributed by atoms with Crippen molar-refractivity contribution in [2.75, 3.05) is 5.73 Å². The number of anilines is 1. The maximum atomic E-state index is 13.0. The van der Waals surface area contributed by atoms with Crippen molar-refractivity contribution in [1.82, 2.24) is 0 Å². The average Bonchev–Trinajstić information content (AvgIpc) is 3.06. The standard InChI is InChI=1S/C7H6ClFN4.C3H7N/c8-4-2-5(9)3(1-6(4)10)7(11)13-12;4-3-1-2-3/h1-2,11-12H,10H2;3H,1-2,4H2. The Balaban J connectivity index is 0.000000302. The second kappa shape index (κ2) is 5.70. The predicted octanol–water partition coefficient (Wildman–Crippen LogP) is 2.53. The minimum absolute atomic E-state index is 0.0824. The van der Waals surface area contributed by atoms with Gasteiger partial charge in [-0.15, -0.1) is 5.11 Å². The highest BCUT2D eigenvalue weighted by atomic mass is 35.5. The fourth-order valence-corrected chi connectivity index (χ4v) is 1.05. The number of amidine groups is 1. The van der Waals surface area contributed by atoms with Gasteiger partial charge in [0.25, 0.3) is 0 Å². The number of nitrogen functional groups attached to an aromatic ring is 1. The summed E-state index contributed by atoms with van der Waals surface area (Å²) >= 11 is 5.52. The lowest BCUT2D eigenvalue weighted by molar-refractivity contribution is 0.625. The van der Waals surface area contributed by atoms with Crippen molar-refractivity contribution < 1.29 is 4.39 Å². The van der Waals surface area contributed by atoms with Gasteiger partial charge in [0, 0.05) is 6.04 Å². The molecule has 0 amide bonds. The highest BCUT2D eigenvalue weighted by Crippen LogP contribution is 2.22. The van der Waals surface area contributed by atoms with Crippen molar-refractivity contribution >= 4 is 23.1 Å². The van der Waals surface area contributed by atoms with Gasteiger partial charge in [0.2, 0.25) is 0 Å². The van der Waals surface area contributed by atoms with E-state index in [9.17, 15) is 4.39 Å². The second-order valence-electron chi connectivity index (χ2n) is 3.65. The Morgan fingerprint density at radius 1 is 1.47 bits per heavy atom. The minimum Gasteiger partial charge on any atom is -0.398 e. The van der Waals surface area contributed by atoms with Crippen LogP contribution < -0.4 is 11.5 Å². The summed E-state index contributed by atoms with van der Waals surface area (Å²) in [7, 11) is 0. The third-order valence-corrected chi connectivity index (χ3v) is 2.40. The number of hydrogen-bond donors (Lipinski definition) is 4. The lowest BCUT2D eigenvalue weighted by atomic mass is 10.2. The summed E-state index contributed by atoms with van der Waals surface area (Å²) in [5.74, 6) is -1.19. The minimum atomic E-state index is -0.708. The number of benzene rings is 1. The van der Waals surface area contributed by atoms with Crippen LogP contribution >= 0.6 is 11.6 Å². The van der Waals surface area contributed by atoms with Gasteiger partial charge in [-0.3, -0.25) is 5.41 Å². The molecule has 1 aromatic carbocycles. The molecule has 0 saturated heterocycles. The molecule has 0 bridgehead atoms. The van der Waals surface area contributed by atoms with E-state index in [2.05, 4.69) is 5.11 Å². The van der Waals surface area contributed by atoms with Crippen LogP contribution in [-0.4, -0.2) is 11.9 Å². The molecule has 0 atom stereocenters. The molecule has 1 saturated carbocycles. The fraction of sp³-hybridized carbons (Fsp3) is 0.300. The molecule has 1 aliphatic carbocycles. The zero-order valence-electron chi connectivity index (χ0n) is 9.00. The number of halogens is 2. The summed E-state index contributed by atoms with van der Waals surface area (Å²) in [6.45, 7) is 0. The number of nitrogens with two attached hydrogens (primary N) is 2. The molecule has 1 aliphatic rings. The summed E-state index contributed by atoms with van der Waals surface area (Å²) in [5.41, 5.74) is 17.2. The van der Waals surface area contributed by atoms with Gasteiger partial charge < -0.3 is 11.5 Å². The molecular formula is C10H13ClFN5. The van der Waals surface area contributed by atoms with Gasteiger partial charge in [0.05, 0.1) is 16.3 Å². The summed E-state index contributed by atoms with van der Waals surface area (Å²) in [4.78, 5) is 0. The Kier molecular flexibility index (Phi) is 4.53. The van der Waals surface area contributed by atoms with Crippen LogP contribution in [0.2, 0.25) is 5.02 Å². The molecule has 0 unspecified atom stereocenters. The van der Waals surface area contributed by atoms with Crippen molar-refractivity contribution in [2.24, 2.45) is 10.8 Å². The largest absolute Gasteiger partial charge is 0.398 e. The molecular weight excluding hydrogens is 245 g/mol. The van der Waals surface area contributed by atoms with Crippen LogP contribution in [0.15, 0.2) is 17.2 Å². The Labute approximate surface area is 103 Å². The van der Waals surface area contributed by atoms with Crippen molar-refractivity contribution in [1.29, 1.82) is 10.9 Å². The van der Waals surface area contributed by atoms with Crippen LogP contribution in [0, 0.1) is 16.8 Å². The lowest BCUT2D eigenvalue weighted by Gasteiger charge is -2.02. The first-order valence-corrected chi connectivity index (χ1v) is 5.30. The van der Waals surface area contributed by atoms with E-state index in [1.807, 2.05) is 0 Å². The van der Waals surface area contributed by atoms with Crippen molar-refractivity contribution in [2.45, 2.75) is 18.9 Å². The van der Waals surface area contributed by atoms with Crippen LogP contribution in [0.5, 0.6) is 0 Å². The first-order valence-electron chi connectivity index (χ1n) is 4.92. The molecule has 0 heterocycles. The fourth-order valence-electron chi connectivity index (χ4n) is 0.904. The highest BCUT2D eigenvalue weighted by Gasteiger charge is 2.13. The first-order chi connectivity index (χ1) is 7.95. The first kappa shape index (κ1) is 13.5. The van der Waals surface area contributed by atoms with E-state index in [-0.39, 0.29) is 16.3 Å². The molecule has 0 radical (unpaired) electrons. The van der Waals surface area contributed by atoms with Crippen molar-refractivity contribution in [3.63, 3.8) is 0 Å². The van der Waals surface area contributed by atoms with E-state index in [0.717, 1.165) is 6.07 Å². The van der Waals surface area contributed by atoms with E-state index in [4.69, 9.17) is 34.0 Å². The lowest BCUT2D eigenvalue weighted by Crippen LogP contribution is -2.00. The maximum absolute atomic E-state index is 13.0. The zero-order chi connectivity index (χ0) is 13.0. The molecule has 6 N–H and O–H groups in total. The summed E-state index contributed by atoms with van der Waals surface area (Å²) < 4.78 is 13.0. The molecule has 17 heavy (non-hydrogen) atoms. The SMILES string of the molecule is N=NC(=N)c1cc(N)c(Cl)cc1F.NC1CC1. The molecule has 1 fully saturated rings. The normalized spacial score (nSPS) is 13.6. The highest BCUT2D eigenvalue weighted by molar-refractivity contribution is 6.33.